The largest absolute Gasteiger partial charge is 0.488 e. The Hall–Kier alpha value is -2.81. The molecule has 2 aromatic heterocycles. The highest BCUT2D eigenvalue weighted by molar-refractivity contribution is 5.69. The van der Waals surface area contributed by atoms with Crippen LogP contribution >= 0.6 is 0 Å². The van der Waals surface area contributed by atoms with Crippen molar-refractivity contribution in [2.24, 2.45) is 11.7 Å². The number of aliphatic hydroxyl groups is 1. The van der Waals surface area contributed by atoms with Crippen molar-refractivity contribution in [2.45, 2.75) is 39.2 Å². The molecule has 0 aliphatic heterocycles. The zero-order valence-corrected chi connectivity index (χ0v) is 15.9. The van der Waals surface area contributed by atoms with Crippen molar-refractivity contribution in [3.63, 3.8) is 0 Å². The van der Waals surface area contributed by atoms with Gasteiger partial charge in [-0.25, -0.2) is 18.6 Å². The second-order valence-corrected chi connectivity index (χ2v) is 7.10. The highest BCUT2D eigenvalue weighted by Crippen LogP contribution is 2.33. The highest BCUT2D eigenvalue weighted by Gasteiger charge is 2.25. The number of nitrogens with two attached hydrogens (primary N) is 1. The lowest BCUT2D eigenvalue weighted by molar-refractivity contribution is -0.00657. The molecule has 3 N–H and O–H groups in total. The highest BCUT2D eigenvalue weighted by atomic mass is 19.3. The number of hydrogen-bond acceptors (Lipinski definition) is 6. The molecular weight excluding hydrogens is 372 g/mol. The van der Waals surface area contributed by atoms with E-state index in [1.165, 1.54) is 30.6 Å². The number of ether oxygens (including phenoxy) is 2. The molecule has 0 bridgehead atoms. The molecule has 1 unspecified atom stereocenters. The Labute approximate surface area is 161 Å². The Bertz CT molecular complexity index is 829. The van der Waals surface area contributed by atoms with Crippen LogP contribution in [0.15, 0.2) is 30.6 Å². The standard InChI is InChI=1S/C19H23F2N3O4/c1-11(2)8-19(3,26)10-27-15-9-24-14(7-13(15)17(20)21)12-4-5-23-16(6-12)28-18(22)25/h4-7,9,11,17,26H,8,10H2,1-3H3,(H2,22,25). The molecule has 1 amide bonds. The molecule has 0 aliphatic rings. The maximum Gasteiger partial charge on any atom is 0.411 e. The van der Waals surface area contributed by atoms with Crippen molar-refractivity contribution in [3.05, 3.63) is 36.2 Å². The molecule has 1 atom stereocenters. The van der Waals surface area contributed by atoms with E-state index in [2.05, 4.69) is 14.7 Å². The summed E-state index contributed by atoms with van der Waals surface area (Å²) >= 11 is 0. The van der Waals surface area contributed by atoms with Crippen LogP contribution in [0.2, 0.25) is 0 Å². The SMILES string of the molecule is CC(C)CC(C)(O)COc1cnc(-c2ccnc(OC(N)=O)c2)cc1C(F)F. The number of alkyl halides is 2. The number of pyridine rings is 2. The maximum absolute atomic E-state index is 13.5. The molecule has 2 heterocycles. The minimum atomic E-state index is -2.81. The van der Waals surface area contributed by atoms with E-state index < -0.39 is 18.1 Å². The Morgan fingerprint density at radius 2 is 2.04 bits per heavy atom. The summed E-state index contributed by atoms with van der Waals surface area (Å²) in [5.74, 6) is 0.0399. The molecule has 0 saturated heterocycles. The number of carbonyl (C=O) groups is 1. The van der Waals surface area contributed by atoms with Crippen LogP contribution in [0.4, 0.5) is 13.6 Å². The summed E-state index contributed by atoms with van der Waals surface area (Å²) in [7, 11) is 0. The first-order valence-corrected chi connectivity index (χ1v) is 8.64. The van der Waals surface area contributed by atoms with E-state index >= 15 is 0 Å². The van der Waals surface area contributed by atoms with Crippen molar-refractivity contribution < 1.29 is 28.2 Å². The van der Waals surface area contributed by atoms with Crippen molar-refractivity contribution in [1.29, 1.82) is 0 Å². The summed E-state index contributed by atoms with van der Waals surface area (Å²) in [4.78, 5) is 18.8. The summed E-state index contributed by atoms with van der Waals surface area (Å²) < 4.78 is 37.2. The van der Waals surface area contributed by atoms with Gasteiger partial charge in [-0.15, -0.1) is 0 Å². The number of aromatic nitrogens is 2. The predicted octanol–water partition coefficient (Wildman–Crippen LogP) is 3.71. The number of nitrogens with zero attached hydrogens (tertiary/aromatic N) is 2. The monoisotopic (exact) mass is 395 g/mol. The third-order valence-corrected chi connectivity index (χ3v) is 3.76. The van der Waals surface area contributed by atoms with Gasteiger partial charge < -0.3 is 20.3 Å². The molecule has 2 rings (SSSR count). The average molecular weight is 395 g/mol. The summed E-state index contributed by atoms with van der Waals surface area (Å²) in [6.45, 7) is 5.34. The normalized spacial score (nSPS) is 13.4. The number of primary amides is 1. The number of amides is 1. The van der Waals surface area contributed by atoms with Crippen molar-refractivity contribution in [2.75, 3.05) is 6.61 Å². The molecule has 0 fully saturated rings. The van der Waals surface area contributed by atoms with Crippen LogP contribution in [0.5, 0.6) is 11.6 Å². The van der Waals surface area contributed by atoms with Crippen LogP contribution in [-0.2, 0) is 0 Å². The van der Waals surface area contributed by atoms with E-state index in [-0.39, 0.29) is 35.4 Å². The molecule has 0 saturated carbocycles. The Morgan fingerprint density at radius 3 is 2.64 bits per heavy atom. The van der Waals surface area contributed by atoms with E-state index in [1.54, 1.807) is 6.92 Å². The second-order valence-electron chi connectivity index (χ2n) is 7.10. The molecule has 2 aromatic rings. The molecule has 0 radical (unpaired) electrons. The topological polar surface area (TPSA) is 108 Å². The molecule has 9 heteroatoms. The van der Waals surface area contributed by atoms with Crippen LogP contribution in [0.1, 0.15) is 39.2 Å². The van der Waals surface area contributed by atoms with Crippen molar-refractivity contribution in [3.8, 4) is 22.9 Å². The van der Waals surface area contributed by atoms with Gasteiger partial charge in [-0.3, -0.25) is 4.98 Å². The van der Waals surface area contributed by atoms with Crippen LogP contribution in [0, 0.1) is 5.92 Å². The van der Waals surface area contributed by atoms with E-state index in [1.807, 2.05) is 13.8 Å². The molecular formula is C19H23F2N3O4. The van der Waals surface area contributed by atoms with Gasteiger partial charge in [0.25, 0.3) is 6.43 Å². The smallest absolute Gasteiger partial charge is 0.411 e. The molecule has 0 aliphatic carbocycles. The van der Waals surface area contributed by atoms with Gasteiger partial charge in [0.2, 0.25) is 5.88 Å². The average Bonchev–Trinajstić information content (AvgIpc) is 2.58. The van der Waals surface area contributed by atoms with Gasteiger partial charge in [0.1, 0.15) is 12.4 Å². The van der Waals surface area contributed by atoms with E-state index in [9.17, 15) is 18.7 Å². The minimum absolute atomic E-state index is 0.0737. The Kier molecular flexibility index (Phi) is 6.85. The summed E-state index contributed by atoms with van der Waals surface area (Å²) in [5.41, 5.74) is 4.05. The van der Waals surface area contributed by atoms with E-state index in [4.69, 9.17) is 10.5 Å². The third kappa shape index (κ3) is 6.12. The van der Waals surface area contributed by atoms with Gasteiger partial charge in [0.05, 0.1) is 23.1 Å². The van der Waals surface area contributed by atoms with Gasteiger partial charge in [-0.1, -0.05) is 13.8 Å². The fourth-order valence-electron chi connectivity index (χ4n) is 2.81. The van der Waals surface area contributed by atoms with Crippen molar-refractivity contribution in [1.82, 2.24) is 9.97 Å². The predicted molar refractivity (Wildman–Crippen MR) is 98.2 cm³/mol. The lowest BCUT2D eigenvalue weighted by Gasteiger charge is -2.25. The second kappa shape index (κ2) is 8.92. The fraction of sp³-hybridized carbons (Fsp3) is 0.421. The lowest BCUT2D eigenvalue weighted by Crippen LogP contribution is -2.34. The van der Waals surface area contributed by atoms with Gasteiger partial charge >= 0.3 is 6.09 Å². The molecule has 28 heavy (non-hydrogen) atoms. The first-order valence-electron chi connectivity index (χ1n) is 8.64. The maximum atomic E-state index is 13.5. The molecule has 0 spiro atoms. The van der Waals surface area contributed by atoms with Crippen LogP contribution in [0.3, 0.4) is 0 Å². The lowest BCUT2D eigenvalue weighted by atomic mass is 9.95. The summed E-state index contributed by atoms with van der Waals surface area (Å²) in [5, 5.41) is 10.3. The summed E-state index contributed by atoms with van der Waals surface area (Å²) in [6.07, 6.45) is -0.872. The Balaban J connectivity index is 2.27. The van der Waals surface area contributed by atoms with Crippen LogP contribution < -0.4 is 15.2 Å². The minimum Gasteiger partial charge on any atom is -0.488 e. The first-order chi connectivity index (χ1) is 13.1. The quantitative estimate of drug-likeness (QED) is 0.705. The van der Waals surface area contributed by atoms with Crippen molar-refractivity contribution >= 4 is 6.09 Å². The van der Waals surface area contributed by atoms with Gasteiger partial charge in [0, 0.05) is 17.8 Å². The molecule has 152 valence electrons. The molecule has 0 aromatic carbocycles. The number of carbonyl (C=O) groups excluding carboxylic acids is 1. The number of hydrogen-bond donors (Lipinski definition) is 2. The first kappa shape index (κ1) is 21.5. The fourth-order valence-corrected chi connectivity index (χ4v) is 2.81. The van der Waals surface area contributed by atoms with Gasteiger partial charge in [-0.05, 0) is 31.4 Å². The van der Waals surface area contributed by atoms with E-state index in [0.717, 1.165) is 0 Å². The zero-order valence-electron chi connectivity index (χ0n) is 15.9. The Morgan fingerprint density at radius 1 is 1.32 bits per heavy atom. The van der Waals surface area contributed by atoms with Gasteiger partial charge in [-0.2, -0.15) is 0 Å². The summed E-state index contributed by atoms with van der Waals surface area (Å²) in [6, 6.07) is 4.07. The third-order valence-electron chi connectivity index (χ3n) is 3.76. The number of halogens is 2. The zero-order chi connectivity index (χ0) is 20.9. The van der Waals surface area contributed by atoms with E-state index in [0.29, 0.717) is 12.0 Å². The number of rotatable bonds is 8. The molecule has 7 nitrogen and oxygen atoms in total. The van der Waals surface area contributed by atoms with Crippen LogP contribution in [0.25, 0.3) is 11.3 Å². The van der Waals surface area contributed by atoms with Gasteiger partial charge in [0.15, 0.2) is 0 Å². The van der Waals surface area contributed by atoms with Crippen LogP contribution in [-0.4, -0.2) is 33.4 Å².